The maximum absolute atomic E-state index is 14.8. The van der Waals surface area contributed by atoms with Crippen molar-refractivity contribution in [1.29, 1.82) is 0 Å². The van der Waals surface area contributed by atoms with Crippen molar-refractivity contribution in [2.24, 2.45) is 11.7 Å². The number of nitrogens with zero attached hydrogens (tertiary/aromatic N) is 3. The predicted octanol–water partition coefficient (Wildman–Crippen LogP) is 2.13. The van der Waals surface area contributed by atoms with Gasteiger partial charge < -0.3 is 20.3 Å². The quantitative estimate of drug-likeness (QED) is 0.850. The summed E-state index contributed by atoms with van der Waals surface area (Å²) in [7, 11) is 0. The molecule has 2 aromatic rings. The van der Waals surface area contributed by atoms with Gasteiger partial charge in [0.25, 0.3) is 0 Å². The van der Waals surface area contributed by atoms with Crippen LogP contribution in [0.25, 0.3) is 11.0 Å². The van der Waals surface area contributed by atoms with Gasteiger partial charge in [-0.15, -0.1) is 0 Å². The van der Waals surface area contributed by atoms with Crippen molar-refractivity contribution >= 4 is 22.8 Å². The van der Waals surface area contributed by atoms with Gasteiger partial charge >= 0.3 is 5.97 Å². The van der Waals surface area contributed by atoms with E-state index in [2.05, 4.69) is 4.98 Å². The van der Waals surface area contributed by atoms with Crippen molar-refractivity contribution in [3.8, 4) is 0 Å². The van der Waals surface area contributed by atoms with Crippen LogP contribution in [-0.2, 0) is 0 Å². The van der Waals surface area contributed by atoms with Gasteiger partial charge in [-0.05, 0) is 45.1 Å². The zero-order valence-electron chi connectivity index (χ0n) is 15.4. The summed E-state index contributed by atoms with van der Waals surface area (Å²) in [6.45, 7) is 5.16. The number of rotatable bonds is 4. The van der Waals surface area contributed by atoms with E-state index in [1.54, 1.807) is 4.57 Å². The van der Waals surface area contributed by atoms with Crippen molar-refractivity contribution < 1.29 is 14.3 Å². The average Bonchev–Trinajstić information content (AvgIpc) is 3.29. The maximum atomic E-state index is 14.8. The summed E-state index contributed by atoms with van der Waals surface area (Å²) in [5, 5.41) is 9.32. The van der Waals surface area contributed by atoms with E-state index >= 15 is 0 Å². The summed E-state index contributed by atoms with van der Waals surface area (Å²) >= 11 is 0. The van der Waals surface area contributed by atoms with Crippen LogP contribution in [0.3, 0.4) is 0 Å². The minimum Gasteiger partial charge on any atom is -0.477 e. The molecule has 0 radical (unpaired) electrons. The lowest BCUT2D eigenvalue weighted by Gasteiger charge is -2.27. The standard InChI is InChI=1S/C19H23FN4O3/c1-19(2,21)10-5-6-23(8-10)17-14(20)7-12-15(25)13(18(26)27)9-24(11-3-4-11)16(12)22-17/h7,9-11H,3-6,8,21H2,1-2H3,(H,26,27). The molecule has 4 rings (SSSR count). The molecule has 2 aromatic heterocycles. The fourth-order valence-electron chi connectivity index (χ4n) is 3.80. The molecule has 0 bridgehead atoms. The summed E-state index contributed by atoms with van der Waals surface area (Å²) < 4.78 is 16.5. The Kier molecular flexibility index (Phi) is 3.99. The minimum absolute atomic E-state index is 0.0120. The molecule has 1 aliphatic heterocycles. The van der Waals surface area contributed by atoms with Crippen LogP contribution < -0.4 is 16.1 Å². The van der Waals surface area contributed by atoms with Crippen LogP contribution in [0.15, 0.2) is 17.1 Å². The Balaban J connectivity index is 1.84. The van der Waals surface area contributed by atoms with E-state index in [9.17, 15) is 19.1 Å². The number of carbonyl (C=O) groups is 1. The van der Waals surface area contributed by atoms with Gasteiger partial charge in [-0.3, -0.25) is 4.79 Å². The second-order valence-corrected chi connectivity index (χ2v) is 8.23. The summed E-state index contributed by atoms with van der Waals surface area (Å²) in [4.78, 5) is 30.2. The van der Waals surface area contributed by atoms with E-state index in [-0.39, 0.29) is 34.3 Å². The summed E-state index contributed by atoms with van der Waals surface area (Å²) in [6.07, 6.45) is 3.96. The van der Waals surface area contributed by atoms with Crippen molar-refractivity contribution in [3.05, 3.63) is 33.9 Å². The predicted molar refractivity (Wildman–Crippen MR) is 99.8 cm³/mol. The molecule has 1 saturated carbocycles. The van der Waals surface area contributed by atoms with Gasteiger partial charge in [0.2, 0.25) is 5.43 Å². The van der Waals surface area contributed by atoms with E-state index in [1.807, 2.05) is 18.7 Å². The molecule has 3 N–H and O–H groups in total. The molecule has 27 heavy (non-hydrogen) atoms. The van der Waals surface area contributed by atoms with E-state index in [4.69, 9.17) is 5.73 Å². The van der Waals surface area contributed by atoms with Gasteiger partial charge in [0.05, 0.1) is 5.39 Å². The smallest absolute Gasteiger partial charge is 0.341 e. The Bertz CT molecular complexity index is 991. The molecule has 2 aliphatic rings. The third-order valence-electron chi connectivity index (χ3n) is 5.65. The summed E-state index contributed by atoms with van der Waals surface area (Å²) in [5.41, 5.74) is 5.13. The molecule has 1 unspecified atom stereocenters. The van der Waals surface area contributed by atoms with E-state index < -0.39 is 17.2 Å². The first kappa shape index (κ1) is 17.9. The molecular formula is C19H23FN4O3. The monoisotopic (exact) mass is 374 g/mol. The Hall–Kier alpha value is -2.48. The SMILES string of the molecule is CC(C)(N)C1CCN(c2nc3c(cc2F)c(=O)c(C(=O)O)cn3C2CC2)C1. The lowest BCUT2D eigenvalue weighted by molar-refractivity contribution is 0.0695. The number of nitrogens with two attached hydrogens (primary N) is 1. The number of aromatic nitrogens is 2. The van der Waals surface area contributed by atoms with Crippen LogP contribution in [0.5, 0.6) is 0 Å². The molecule has 1 atom stereocenters. The topological polar surface area (TPSA) is 101 Å². The van der Waals surface area contributed by atoms with E-state index in [0.717, 1.165) is 25.3 Å². The summed E-state index contributed by atoms with van der Waals surface area (Å²) in [5.74, 6) is -1.51. The molecule has 3 heterocycles. The molecule has 7 nitrogen and oxygen atoms in total. The Morgan fingerprint density at radius 3 is 2.63 bits per heavy atom. The van der Waals surface area contributed by atoms with Crippen molar-refractivity contribution in [2.45, 2.75) is 44.7 Å². The van der Waals surface area contributed by atoms with Gasteiger partial charge in [-0.25, -0.2) is 14.2 Å². The Morgan fingerprint density at radius 1 is 1.37 bits per heavy atom. The van der Waals surface area contributed by atoms with E-state index in [0.29, 0.717) is 18.7 Å². The minimum atomic E-state index is -1.31. The lowest BCUT2D eigenvalue weighted by atomic mass is 9.88. The third-order valence-corrected chi connectivity index (χ3v) is 5.65. The zero-order chi connectivity index (χ0) is 19.5. The molecule has 2 fully saturated rings. The van der Waals surface area contributed by atoms with Crippen LogP contribution >= 0.6 is 0 Å². The number of aromatic carboxylic acids is 1. The first-order chi connectivity index (χ1) is 12.7. The van der Waals surface area contributed by atoms with Crippen LogP contribution in [-0.4, -0.2) is 39.3 Å². The number of carboxylic acids is 1. The van der Waals surface area contributed by atoms with Gasteiger partial charge in [0, 0.05) is 30.9 Å². The molecule has 0 amide bonds. The second kappa shape index (κ2) is 6.02. The molecule has 0 spiro atoms. The third kappa shape index (κ3) is 3.07. The van der Waals surface area contributed by atoms with Gasteiger partial charge in [-0.1, -0.05) is 0 Å². The van der Waals surface area contributed by atoms with Crippen LogP contribution in [0.1, 0.15) is 49.5 Å². The van der Waals surface area contributed by atoms with Crippen LogP contribution in [0, 0.1) is 11.7 Å². The molecule has 144 valence electrons. The number of pyridine rings is 2. The number of fused-ring (bicyclic) bond motifs is 1. The molecule has 8 heteroatoms. The van der Waals surface area contributed by atoms with Crippen molar-refractivity contribution in [2.75, 3.05) is 18.0 Å². The Morgan fingerprint density at radius 2 is 2.07 bits per heavy atom. The zero-order valence-corrected chi connectivity index (χ0v) is 15.4. The van der Waals surface area contributed by atoms with E-state index in [1.165, 1.54) is 6.20 Å². The van der Waals surface area contributed by atoms with Gasteiger partial charge in [-0.2, -0.15) is 0 Å². The molecule has 0 aromatic carbocycles. The van der Waals surface area contributed by atoms with Crippen LogP contribution in [0.4, 0.5) is 10.2 Å². The fraction of sp³-hybridized carbons (Fsp3) is 0.526. The normalized spacial score (nSPS) is 20.4. The number of halogens is 1. The molecule has 1 aliphatic carbocycles. The lowest BCUT2D eigenvalue weighted by Crippen LogP contribution is -2.42. The van der Waals surface area contributed by atoms with Crippen molar-refractivity contribution in [3.63, 3.8) is 0 Å². The number of hydrogen-bond acceptors (Lipinski definition) is 5. The molecule has 1 saturated heterocycles. The highest BCUT2D eigenvalue weighted by Gasteiger charge is 2.35. The maximum Gasteiger partial charge on any atom is 0.341 e. The number of anilines is 1. The highest BCUT2D eigenvalue weighted by Crippen LogP contribution is 2.37. The number of carboxylic acid groups (broad SMARTS) is 1. The number of hydrogen-bond donors (Lipinski definition) is 2. The van der Waals surface area contributed by atoms with Gasteiger partial charge in [0.1, 0.15) is 11.2 Å². The second-order valence-electron chi connectivity index (χ2n) is 8.23. The molecular weight excluding hydrogens is 351 g/mol. The van der Waals surface area contributed by atoms with Crippen LogP contribution in [0.2, 0.25) is 0 Å². The summed E-state index contributed by atoms with van der Waals surface area (Å²) in [6, 6.07) is 1.23. The van der Waals surface area contributed by atoms with Crippen molar-refractivity contribution in [1.82, 2.24) is 9.55 Å². The van der Waals surface area contributed by atoms with Gasteiger partial charge in [0.15, 0.2) is 11.6 Å². The first-order valence-corrected chi connectivity index (χ1v) is 9.19. The largest absolute Gasteiger partial charge is 0.477 e. The highest BCUT2D eigenvalue weighted by atomic mass is 19.1. The highest BCUT2D eigenvalue weighted by molar-refractivity contribution is 5.92. The first-order valence-electron chi connectivity index (χ1n) is 9.19. The Labute approximate surface area is 155 Å². The average molecular weight is 374 g/mol. The fourth-order valence-corrected chi connectivity index (χ4v) is 3.80.